The van der Waals surface area contributed by atoms with Gasteiger partial charge in [0.2, 0.25) is 5.76 Å². The molecule has 0 saturated carbocycles. The van der Waals surface area contributed by atoms with Crippen LogP contribution in [0.15, 0.2) is 33.5 Å². The second-order valence-corrected chi connectivity index (χ2v) is 7.37. The van der Waals surface area contributed by atoms with Gasteiger partial charge in [-0.05, 0) is 36.5 Å². The van der Waals surface area contributed by atoms with Crippen molar-refractivity contribution < 1.29 is 18.7 Å². The van der Waals surface area contributed by atoms with Gasteiger partial charge in [-0.25, -0.2) is 4.79 Å². The van der Waals surface area contributed by atoms with Crippen molar-refractivity contribution in [3.8, 4) is 0 Å². The Kier molecular flexibility index (Phi) is 5.32. The van der Waals surface area contributed by atoms with Crippen LogP contribution >= 0.6 is 11.6 Å². The molecule has 2 heterocycles. The Morgan fingerprint density at radius 1 is 1.23 bits per heavy atom. The number of nitrogens with zero attached hydrogens (tertiary/aromatic N) is 1. The van der Waals surface area contributed by atoms with E-state index < -0.39 is 11.4 Å². The fourth-order valence-electron chi connectivity index (χ4n) is 3.39. The molecule has 0 N–H and O–H groups in total. The van der Waals surface area contributed by atoms with Crippen molar-refractivity contribution >= 4 is 34.4 Å². The molecule has 0 unspecified atom stereocenters. The zero-order valence-electron chi connectivity index (χ0n) is 14.7. The summed E-state index contributed by atoms with van der Waals surface area (Å²) in [5.41, 5.74) is -0.162. The van der Waals surface area contributed by atoms with Crippen LogP contribution < -0.4 is 5.43 Å². The molecule has 1 aromatic heterocycles. The summed E-state index contributed by atoms with van der Waals surface area (Å²) in [6, 6.07) is 5.60. The predicted octanol–water partition coefficient (Wildman–Crippen LogP) is 3.11. The maximum atomic E-state index is 12.3. The van der Waals surface area contributed by atoms with Crippen LogP contribution in [0, 0.1) is 11.8 Å². The molecule has 26 heavy (non-hydrogen) atoms. The fraction of sp³-hybridized carbons (Fsp3) is 0.421. The molecule has 0 radical (unpaired) electrons. The number of ether oxygens (including phenoxy) is 1. The van der Waals surface area contributed by atoms with E-state index in [1.165, 1.54) is 12.1 Å². The molecule has 1 amide bonds. The molecule has 7 heteroatoms. The van der Waals surface area contributed by atoms with E-state index >= 15 is 0 Å². The molecule has 1 saturated heterocycles. The Bertz CT molecular complexity index is 896. The lowest BCUT2D eigenvalue weighted by Crippen LogP contribution is -2.44. The smallest absolute Gasteiger partial charge is 0.374 e. The number of piperidine rings is 1. The van der Waals surface area contributed by atoms with Crippen molar-refractivity contribution in [1.82, 2.24) is 4.90 Å². The van der Waals surface area contributed by atoms with Crippen molar-refractivity contribution in [1.29, 1.82) is 0 Å². The van der Waals surface area contributed by atoms with Crippen LogP contribution in [0.2, 0.25) is 5.02 Å². The Balaban J connectivity index is 1.68. The van der Waals surface area contributed by atoms with Gasteiger partial charge >= 0.3 is 5.97 Å². The van der Waals surface area contributed by atoms with Gasteiger partial charge < -0.3 is 14.1 Å². The minimum absolute atomic E-state index is 0.235. The molecule has 3 rings (SSSR count). The average Bonchev–Trinajstić information content (AvgIpc) is 2.59. The van der Waals surface area contributed by atoms with E-state index in [2.05, 4.69) is 13.8 Å². The van der Waals surface area contributed by atoms with E-state index in [0.717, 1.165) is 12.5 Å². The van der Waals surface area contributed by atoms with E-state index in [-0.39, 0.29) is 29.2 Å². The minimum atomic E-state index is -0.842. The van der Waals surface area contributed by atoms with Crippen LogP contribution in [-0.2, 0) is 9.53 Å². The zero-order valence-corrected chi connectivity index (χ0v) is 15.4. The van der Waals surface area contributed by atoms with Gasteiger partial charge in [-0.2, -0.15) is 0 Å². The number of carbonyl (C=O) groups excluding carboxylic acids is 2. The molecular weight excluding hydrogens is 358 g/mol. The minimum Gasteiger partial charge on any atom is -0.450 e. The summed E-state index contributed by atoms with van der Waals surface area (Å²) in [6.07, 6.45) is 1.08. The molecule has 1 aromatic carbocycles. The van der Waals surface area contributed by atoms with Crippen molar-refractivity contribution in [2.24, 2.45) is 11.8 Å². The fourth-order valence-corrected chi connectivity index (χ4v) is 3.56. The third-order valence-electron chi connectivity index (χ3n) is 4.44. The largest absolute Gasteiger partial charge is 0.450 e. The topological polar surface area (TPSA) is 76.8 Å². The molecule has 2 atom stereocenters. The molecule has 1 aliphatic rings. The highest BCUT2D eigenvalue weighted by Crippen LogP contribution is 2.21. The van der Waals surface area contributed by atoms with Crippen molar-refractivity contribution in [3.05, 3.63) is 45.3 Å². The summed E-state index contributed by atoms with van der Waals surface area (Å²) in [5, 5.41) is 0.678. The number of amides is 1. The SMILES string of the molecule is C[C@H]1C[C@H](C)CN(C(=O)COC(=O)c2cc(=O)c3cc(Cl)ccc3o2)C1. The van der Waals surface area contributed by atoms with Crippen molar-refractivity contribution in [2.45, 2.75) is 20.3 Å². The van der Waals surface area contributed by atoms with Gasteiger partial charge in [-0.15, -0.1) is 0 Å². The Morgan fingerprint density at radius 3 is 2.62 bits per heavy atom. The van der Waals surface area contributed by atoms with E-state index in [0.29, 0.717) is 29.9 Å². The third kappa shape index (κ3) is 4.07. The van der Waals surface area contributed by atoms with Gasteiger partial charge in [0.25, 0.3) is 5.91 Å². The zero-order chi connectivity index (χ0) is 18.8. The van der Waals surface area contributed by atoms with Gasteiger partial charge in [0.05, 0.1) is 5.39 Å². The Morgan fingerprint density at radius 2 is 1.92 bits per heavy atom. The van der Waals surface area contributed by atoms with Gasteiger partial charge in [-0.3, -0.25) is 9.59 Å². The van der Waals surface area contributed by atoms with Crippen LogP contribution in [0.5, 0.6) is 0 Å². The lowest BCUT2D eigenvalue weighted by atomic mass is 9.92. The maximum absolute atomic E-state index is 12.3. The second kappa shape index (κ2) is 7.50. The maximum Gasteiger partial charge on any atom is 0.374 e. The monoisotopic (exact) mass is 377 g/mol. The summed E-state index contributed by atoms with van der Waals surface area (Å²) in [5.74, 6) is -0.484. The summed E-state index contributed by atoms with van der Waals surface area (Å²) in [7, 11) is 0. The first-order chi connectivity index (χ1) is 12.3. The van der Waals surface area contributed by atoms with Crippen molar-refractivity contribution in [2.75, 3.05) is 19.7 Å². The summed E-state index contributed by atoms with van der Waals surface area (Å²) in [4.78, 5) is 38.3. The van der Waals surface area contributed by atoms with Crippen LogP contribution in [0.1, 0.15) is 30.8 Å². The number of benzene rings is 1. The molecule has 0 bridgehead atoms. The van der Waals surface area contributed by atoms with Gasteiger partial charge in [0.1, 0.15) is 5.58 Å². The summed E-state index contributed by atoms with van der Waals surface area (Å²) >= 11 is 5.86. The number of esters is 1. The van der Waals surface area contributed by atoms with E-state index in [1.54, 1.807) is 11.0 Å². The second-order valence-electron chi connectivity index (χ2n) is 6.94. The number of rotatable bonds is 3. The van der Waals surface area contributed by atoms with Crippen LogP contribution in [0.3, 0.4) is 0 Å². The van der Waals surface area contributed by atoms with E-state index in [1.807, 2.05) is 0 Å². The van der Waals surface area contributed by atoms with Gasteiger partial charge in [0, 0.05) is 24.2 Å². The number of carbonyl (C=O) groups is 2. The molecule has 1 aliphatic heterocycles. The van der Waals surface area contributed by atoms with Gasteiger partial charge in [-0.1, -0.05) is 25.4 Å². The quantitative estimate of drug-likeness (QED) is 0.768. The molecule has 6 nitrogen and oxygen atoms in total. The highest BCUT2D eigenvalue weighted by Gasteiger charge is 2.26. The highest BCUT2D eigenvalue weighted by atomic mass is 35.5. The van der Waals surface area contributed by atoms with Crippen LogP contribution in [-0.4, -0.2) is 36.5 Å². The molecule has 2 aromatic rings. The molecule has 1 fully saturated rings. The van der Waals surface area contributed by atoms with E-state index in [4.69, 9.17) is 20.8 Å². The van der Waals surface area contributed by atoms with Crippen LogP contribution in [0.25, 0.3) is 11.0 Å². The average molecular weight is 378 g/mol. The van der Waals surface area contributed by atoms with Crippen molar-refractivity contribution in [3.63, 3.8) is 0 Å². The highest BCUT2D eigenvalue weighted by molar-refractivity contribution is 6.31. The standard InChI is InChI=1S/C19H20ClNO5/c1-11-5-12(2)9-21(8-11)18(23)10-25-19(24)17-7-15(22)14-6-13(20)3-4-16(14)26-17/h3-4,6-7,11-12H,5,8-10H2,1-2H3/t11-,12-/m0/s1. The Hall–Kier alpha value is -2.34. The Labute approximate surface area is 155 Å². The molecular formula is C19H20ClNO5. The molecule has 138 valence electrons. The number of hydrogen-bond acceptors (Lipinski definition) is 5. The lowest BCUT2D eigenvalue weighted by molar-refractivity contribution is -0.137. The third-order valence-corrected chi connectivity index (χ3v) is 4.67. The molecule has 0 spiro atoms. The summed E-state index contributed by atoms with van der Waals surface area (Å²) in [6.45, 7) is 5.13. The first-order valence-corrected chi connectivity index (χ1v) is 8.89. The number of likely N-dealkylation sites (tertiary alicyclic amines) is 1. The lowest BCUT2D eigenvalue weighted by Gasteiger charge is -2.34. The first kappa shape index (κ1) is 18.5. The van der Waals surface area contributed by atoms with E-state index in [9.17, 15) is 14.4 Å². The molecule has 0 aliphatic carbocycles. The number of halogens is 1. The summed E-state index contributed by atoms with van der Waals surface area (Å²) < 4.78 is 10.5. The first-order valence-electron chi connectivity index (χ1n) is 8.52. The number of hydrogen-bond donors (Lipinski definition) is 0. The van der Waals surface area contributed by atoms with Crippen LogP contribution in [0.4, 0.5) is 0 Å². The predicted molar refractivity (Wildman–Crippen MR) is 97.3 cm³/mol. The normalized spacial score (nSPS) is 20.2. The van der Waals surface area contributed by atoms with Gasteiger partial charge in [0.15, 0.2) is 12.0 Å². The number of fused-ring (bicyclic) bond motifs is 1.